The first-order valence-electron chi connectivity index (χ1n) is 9.37. The summed E-state index contributed by atoms with van der Waals surface area (Å²) in [6, 6.07) is 10.4. The van der Waals surface area contributed by atoms with Crippen molar-refractivity contribution in [2.45, 2.75) is 43.4 Å². The molecular formula is C20H27N3O2S. The quantitative estimate of drug-likeness (QED) is 0.595. The van der Waals surface area contributed by atoms with Gasteiger partial charge in [-0.05, 0) is 31.4 Å². The molecule has 1 saturated carbocycles. The van der Waals surface area contributed by atoms with E-state index >= 15 is 0 Å². The van der Waals surface area contributed by atoms with E-state index in [2.05, 4.69) is 27.7 Å². The zero-order valence-electron chi connectivity index (χ0n) is 15.2. The summed E-state index contributed by atoms with van der Waals surface area (Å²) in [4.78, 5) is 27.0. The summed E-state index contributed by atoms with van der Waals surface area (Å²) >= 11 is 1.57. The van der Waals surface area contributed by atoms with Crippen molar-refractivity contribution in [1.29, 1.82) is 0 Å². The fraction of sp³-hybridized carbons (Fsp3) is 0.500. The predicted molar refractivity (Wildman–Crippen MR) is 107 cm³/mol. The Labute approximate surface area is 159 Å². The molecule has 1 saturated heterocycles. The number of anilines is 1. The number of nitrogens with one attached hydrogen (secondary N) is 2. The monoisotopic (exact) mass is 373 g/mol. The van der Waals surface area contributed by atoms with Gasteiger partial charge in [-0.15, -0.1) is 11.8 Å². The van der Waals surface area contributed by atoms with Gasteiger partial charge in [0.25, 0.3) is 5.91 Å². The highest BCUT2D eigenvalue weighted by Gasteiger charge is 2.34. The standard InChI is InChI=1S/C20H27N3O2S/c1-23(15-8-3-2-4-9-15)13-7-12-21-19(24)14-18-20(25)22-16-10-5-6-11-17(16)26-18/h2-4,8-9,14,16-17H,5-7,10-13H2,1H3,(H,21,24)(H,22,25)/b18-14-. The van der Waals surface area contributed by atoms with Crippen LogP contribution in [0.3, 0.4) is 0 Å². The van der Waals surface area contributed by atoms with Crippen LogP contribution in [0.2, 0.25) is 0 Å². The Morgan fingerprint density at radius 2 is 2.08 bits per heavy atom. The number of fused-ring (bicyclic) bond motifs is 1. The highest BCUT2D eigenvalue weighted by atomic mass is 32.2. The van der Waals surface area contributed by atoms with Gasteiger partial charge in [-0.25, -0.2) is 0 Å². The van der Waals surface area contributed by atoms with Crippen LogP contribution in [0.5, 0.6) is 0 Å². The predicted octanol–water partition coefficient (Wildman–Crippen LogP) is 2.69. The van der Waals surface area contributed by atoms with Crippen molar-refractivity contribution in [2.75, 3.05) is 25.0 Å². The van der Waals surface area contributed by atoms with Gasteiger partial charge in [0.2, 0.25) is 5.91 Å². The molecule has 1 aromatic carbocycles. The molecule has 1 aliphatic heterocycles. The van der Waals surface area contributed by atoms with Crippen molar-refractivity contribution in [3.63, 3.8) is 0 Å². The number of nitrogens with zero attached hydrogens (tertiary/aromatic N) is 1. The minimum atomic E-state index is -0.181. The minimum absolute atomic E-state index is 0.0999. The molecule has 1 heterocycles. The van der Waals surface area contributed by atoms with Gasteiger partial charge in [0.15, 0.2) is 0 Å². The molecular weight excluding hydrogens is 346 g/mol. The lowest BCUT2D eigenvalue weighted by molar-refractivity contribution is -0.119. The van der Waals surface area contributed by atoms with Crippen molar-refractivity contribution < 1.29 is 9.59 Å². The van der Waals surface area contributed by atoms with E-state index in [1.807, 2.05) is 25.2 Å². The first kappa shape index (κ1) is 18.8. The van der Waals surface area contributed by atoms with Crippen molar-refractivity contribution in [2.24, 2.45) is 0 Å². The van der Waals surface area contributed by atoms with E-state index in [0.717, 1.165) is 25.8 Å². The maximum atomic E-state index is 12.2. The molecule has 0 spiro atoms. The number of hydrogen-bond acceptors (Lipinski definition) is 4. The summed E-state index contributed by atoms with van der Waals surface area (Å²) in [6.45, 7) is 1.46. The average molecular weight is 374 g/mol. The Morgan fingerprint density at radius 3 is 2.88 bits per heavy atom. The molecule has 3 rings (SSSR count). The Bertz CT molecular complexity index is 662. The number of carbonyl (C=O) groups excluding carboxylic acids is 2. The molecule has 1 aliphatic carbocycles. The SMILES string of the molecule is CN(CCCNC(=O)/C=C1\SC2CCCCC2NC1=O)c1ccccc1. The van der Waals surface area contributed by atoms with Crippen molar-refractivity contribution in [1.82, 2.24) is 10.6 Å². The molecule has 6 heteroatoms. The van der Waals surface area contributed by atoms with Crippen LogP contribution >= 0.6 is 11.8 Å². The van der Waals surface area contributed by atoms with Gasteiger partial charge in [-0.2, -0.15) is 0 Å². The summed E-state index contributed by atoms with van der Waals surface area (Å²) in [6.07, 6.45) is 6.87. The van der Waals surface area contributed by atoms with E-state index in [1.54, 1.807) is 11.8 Å². The van der Waals surface area contributed by atoms with Crippen LogP contribution in [0, 0.1) is 0 Å². The van der Waals surface area contributed by atoms with Gasteiger partial charge in [0.1, 0.15) is 0 Å². The van der Waals surface area contributed by atoms with Crippen LogP contribution in [0.1, 0.15) is 32.1 Å². The Morgan fingerprint density at radius 1 is 1.31 bits per heavy atom. The summed E-state index contributed by atoms with van der Waals surface area (Å²) in [7, 11) is 2.04. The summed E-state index contributed by atoms with van der Waals surface area (Å²) in [5.74, 6) is -0.281. The number of rotatable bonds is 6. The molecule has 1 aromatic rings. The lowest BCUT2D eigenvalue weighted by Crippen LogP contribution is -2.48. The topological polar surface area (TPSA) is 61.4 Å². The fourth-order valence-electron chi connectivity index (χ4n) is 3.47. The third-order valence-corrected chi connectivity index (χ3v) is 6.37. The van der Waals surface area contributed by atoms with Gasteiger partial charge in [0, 0.05) is 43.2 Å². The van der Waals surface area contributed by atoms with Crippen LogP contribution in [0.4, 0.5) is 5.69 Å². The van der Waals surface area contributed by atoms with Crippen molar-refractivity contribution in [3.05, 3.63) is 41.3 Å². The van der Waals surface area contributed by atoms with Gasteiger partial charge >= 0.3 is 0 Å². The third kappa shape index (κ3) is 5.04. The molecule has 2 atom stereocenters. The summed E-state index contributed by atoms with van der Waals surface area (Å²) < 4.78 is 0. The average Bonchev–Trinajstić information content (AvgIpc) is 2.66. The van der Waals surface area contributed by atoms with Crippen LogP contribution in [0.15, 0.2) is 41.3 Å². The van der Waals surface area contributed by atoms with Gasteiger partial charge in [-0.1, -0.05) is 31.0 Å². The highest BCUT2D eigenvalue weighted by Crippen LogP contribution is 2.36. The molecule has 140 valence electrons. The molecule has 2 unspecified atom stereocenters. The Hall–Kier alpha value is -1.95. The van der Waals surface area contributed by atoms with E-state index in [1.165, 1.54) is 24.6 Å². The number of hydrogen-bond donors (Lipinski definition) is 2. The molecule has 2 amide bonds. The molecule has 5 nitrogen and oxygen atoms in total. The maximum Gasteiger partial charge on any atom is 0.258 e. The van der Waals surface area contributed by atoms with E-state index in [-0.39, 0.29) is 17.9 Å². The van der Waals surface area contributed by atoms with Crippen LogP contribution in [0.25, 0.3) is 0 Å². The van der Waals surface area contributed by atoms with Crippen LogP contribution in [-0.2, 0) is 9.59 Å². The van der Waals surface area contributed by atoms with E-state index < -0.39 is 0 Å². The molecule has 0 radical (unpaired) electrons. The van der Waals surface area contributed by atoms with Crippen molar-refractivity contribution >= 4 is 29.3 Å². The molecule has 0 bridgehead atoms. The molecule has 0 aromatic heterocycles. The number of para-hydroxylation sites is 1. The second-order valence-corrected chi connectivity index (χ2v) is 8.21. The van der Waals surface area contributed by atoms with E-state index in [4.69, 9.17) is 0 Å². The normalized spacial score (nSPS) is 23.9. The first-order chi connectivity index (χ1) is 12.6. The lowest BCUT2D eigenvalue weighted by atomic mass is 9.94. The zero-order valence-corrected chi connectivity index (χ0v) is 16.1. The Kier molecular flexibility index (Phi) is 6.61. The number of carbonyl (C=O) groups is 2. The van der Waals surface area contributed by atoms with Crippen molar-refractivity contribution in [3.8, 4) is 0 Å². The molecule has 26 heavy (non-hydrogen) atoms. The maximum absolute atomic E-state index is 12.2. The summed E-state index contributed by atoms with van der Waals surface area (Å²) in [5, 5.41) is 6.37. The second-order valence-electron chi connectivity index (χ2n) is 6.93. The second kappa shape index (κ2) is 9.12. The van der Waals surface area contributed by atoms with E-state index in [0.29, 0.717) is 16.7 Å². The fourth-order valence-corrected chi connectivity index (χ4v) is 4.79. The number of amides is 2. The minimum Gasteiger partial charge on any atom is -0.375 e. The third-order valence-electron chi connectivity index (χ3n) is 4.95. The number of benzene rings is 1. The van der Waals surface area contributed by atoms with Gasteiger partial charge in [-0.3, -0.25) is 9.59 Å². The number of thioether (sulfide) groups is 1. The molecule has 2 aliphatic rings. The molecule has 2 fully saturated rings. The van der Waals surface area contributed by atoms with Gasteiger partial charge < -0.3 is 15.5 Å². The zero-order chi connectivity index (χ0) is 18.4. The highest BCUT2D eigenvalue weighted by molar-refractivity contribution is 8.04. The molecule has 2 N–H and O–H groups in total. The smallest absolute Gasteiger partial charge is 0.258 e. The van der Waals surface area contributed by atoms with Gasteiger partial charge in [0.05, 0.1) is 4.91 Å². The first-order valence-corrected chi connectivity index (χ1v) is 10.2. The largest absolute Gasteiger partial charge is 0.375 e. The van der Waals surface area contributed by atoms with Crippen LogP contribution < -0.4 is 15.5 Å². The van der Waals surface area contributed by atoms with Crippen LogP contribution in [-0.4, -0.2) is 43.2 Å². The lowest BCUT2D eigenvalue weighted by Gasteiger charge is -2.36. The Balaban J connectivity index is 1.42. The van der Waals surface area contributed by atoms with E-state index in [9.17, 15) is 9.59 Å². The summed E-state index contributed by atoms with van der Waals surface area (Å²) in [5.41, 5.74) is 1.17.